The number of aliphatic hydroxyl groups is 2. The topological polar surface area (TPSA) is 86.6 Å². The van der Waals surface area contributed by atoms with Crippen molar-refractivity contribution >= 4 is 5.78 Å². The maximum absolute atomic E-state index is 11.5. The van der Waals surface area contributed by atoms with E-state index in [2.05, 4.69) is 5.32 Å². The van der Waals surface area contributed by atoms with Crippen LogP contribution in [0.1, 0.15) is 18.5 Å². The van der Waals surface area contributed by atoms with Gasteiger partial charge >= 0.3 is 21.0 Å². The summed E-state index contributed by atoms with van der Waals surface area (Å²) in [5.74, 6) is -0.0326. The molecule has 0 heterocycles. The standard InChI is InChI=1S/C15H15NO2.C2H6O.O.V/c17-11-14(12-6-2-1-3-7-12)16-10-13-8-4-5-9-15(13)18;1-2-3;;/h1-10,14,16-17H,11H2;3H,2H2,1H3;;/b13-10-;;;/t14-;;;/m0.../s1. The van der Waals surface area contributed by atoms with Gasteiger partial charge in [0.05, 0.1) is 12.6 Å². The zero-order valence-electron chi connectivity index (χ0n) is 12.9. The Morgan fingerprint density at radius 3 is 2.22 bits per heavy atom. The fourth-order valence-electron chi connectivity index (χ4n) is 1.73. The average Bonchev–Trinajstić information content (AvgIpc) is 2.60. The quantitative estimate of drug-likeness (QED) is 0.718. The van der Waals surface area contributed by atoms with E-state index in [9.17, 15) is 9.90 Å². The molecule has 1 aromatic carbocycles. The third kappa shape index (κ3) is 8.42. The van der Waals surface area contributed by atoms with Gasteiger partial charge in [-0.3, -0.25) is 4.79 Å². The Labute approximate surface area is 145 Å². The fourth-order valence-corrected chi connectivity index (χ4v) is 1.73. The Morgan fingerprint density at radius 2 is 1.70 bits per heavy atom. The van der Waals surface area contributed by atoms with Crippen molar-refractivity contribution in [3.63, 3.8) is 0 Å². The van der Waals surface area contributed by atoms with Crippen LogP contribution in [0.4, 0.5) is 0 Å². The van der Waals surface area contributed by atoms with Gasteiger partial charge in [-0.1, -0.05) is 42.5 Å². The molecule has 0 saturated carbocycles. The average molecular weight is 354 g/mol. The van der Waals surface area contributed by atoms with E-state index >= 15 is 0 Å². The molecule has 0 amide bonds. The number of hydrogen-bond acceptors (Lipinski definition) is 5. The van der Waals surface area contributed by atoms with Crippen molar-refractivity contribution in [2.24, 2.45) is 0 Å². The van der Waals surface area contributed by atoms with E-state index in [1.807, 2.05) is 36.4 Å². The summed E-state index contributed by atoms with van der Waals surface area (Å²) in [5.41, 5.74) is 1.58. The predicted molar refractivity (Wildman–Crippen MR) is 84.2 cm³/mol. The van der Waals surface area contributed by atoms with Gasteiger partial charge in [-0.25, -0.2) is 0 Å². The number of ketones is 1. The van der Waals surface area contributed by atoms with Crippen molar-refractivity contribution < 1.29 is 36.1 Å². The zero-order chi connectivity index (χ0) is 17.5. The number of nitrogens with one attached hydrogen (secondary N) is 1. The zero-order valence-corrected chi connectivity index (χ0v) is 14.3. The Morgan fingerprint density at radius 1 is 1.13 bits per heavy atom. The van der Waals surface area contributed by atoms with E-state index in [0.29, 0.717) is 5.57 Å². The van der Waals surface area contributed by atoms with E-state index in [1.165, 1.54) is 6.08 Å². The Balaban J connectivity index is 0.000000868. The van der Waals surface area contributed by atoms with Crippen LogP contribution in [0.3, 0.4) is 0 Å². The number of carbonyl (C=O) groups excluding carboxylic acids is 1. The van der Waals surface area contributed by atoms with E-state index in [1.54, 1.807) is 25.3 Å². The van der Waals surface area contributed by atoms with Crippen molar-refractivity contribution in [1.29, 1.82) is 0 Å². The molecule has 0 unspecified atom stereocenters. The van der Waals surface area contributed by atoms with Gasteiger partial charge in [-0.2, -0.15) is 0 Å². The summed E-state index contributed by atoms with van der Waals surface area (Å²) in [6.07, 6.45) is 8.43. The van der Waals surface area contributed by atoms with Crippen LogP contribution in [0.25, 0.3) is 0 Å². The summed E-state index contributed by atoms with van der Waals surface area (Å²) in [6, 6.07) is 9.43. The normalized spacial score (nSPS) is 15.0. The second kappa shape index (κ2) is 13.8. The molecule has 1 aromatic rings. The molecule has 0 aromatic heterocycles. The van der Waals surface area contributed by atoms with Gasteiger partial charge in [0.15, 0.2) is 5.78 Å². The summed E-state index contributed by atoms with van der Waals surface area (Å²) in [7, 11) is 0. The van der Waals surface area contributed by atoms with E-state index in [0.717, 1.165) is 22.9 Å². The van der Waals surface area contributed by atoms with Crippen LogP contribution in [0, 0.1) is 0 Å². The van der Waals surface area contributed by atoms with Crippen LogP contribution in [-0.4, -0.2) is 29.2 Å². The third-order valence-corrected chi connectivity index (χ3v) is 2.74. The Bertz CT molecular complexity index is 541. The molecule has 1 aliphatic rings. The van der Waals surface area contributed by atoms with Crippen LogP contribution in [-0.2, 0) is 25.8 Å². The number of allylic oxidation sites excluding steroid dienone is 5. The van der Waals surface area contributed by atoms with Crippen molar-refractivity contribution in [1.82, 2.24) is 5.32 Å². The predicted octanol–water partition coefficient (Wildman–Crippen LogP) is 1.77. The van der Waals surface area contributed by atoms with Crippen LogP contribution < -0.4 is 5.32 Å². The molecule has 123 valence electrons. The van der Waals surface area contributed by atoms with Gasteiger partial charge in [0.1, 0.15) is 0 Å². The second-order valence-corrected chi connectivity index (χ2v) is 4.31. The first-order chi connectivity index (χ1) is 11.2. The summed E-state index contributed by atoms with van der Waals surface area (Å²) in [6.45, 7) is 1.90. The molecule has 0 spiro atoms. The molecule has 2 rings (SSSR count). The molecule has 0 fully saturated rings. The number of aliphatic hydroxyl groups excluding tert-OH is 2. The fraction of sp³-hybridized carbons (Fsp3) is 0.235. The molecule has 0 radical (unpaired) electrons. The first-order valence-electron chi connectivity index (χ1n) is 7.03. The monoisotopic (exact) mass is 354 g/mol. The number of hydrogen-bond donors (Lipinski definition) is 3. The van der Waals surface area contributed by atoms with Crippen LogP contribution >= 0.6 is 0 Å². The molecule has 23 heavy (non-hydrogen) atoms. The van der Waals surface area contributed by atoms with Crippen LogP contribution in [0.15, 0.2) is 66.4 Å². The molecule has 5 nitrogen and oxygen atoms in total. The third-order valence-electron chi connectivity index (χ3n) is 2.74. The van der Waals surface area contributed by atoms with Crippen LogP contribution in [0.2, 0.25) is 0 Å². The molecular weight excluding hydrogens is 333 g/mol. The first-order valence-corrected chi connectivity index (χ1v) is 7.60. The van der Waals surface area contributed by atoms with E-state index in [-0.39, 0.29) is 25.0 Å². The molecule has 3 N–H and O–H groups in total. The number of carbonyl (C=O) groups is 1. The van der Waals surface area contributed by atoms with Gasteiger partial charge in [-0.15, -0.1) is 0 Å². The molecule has 1 atom stereocenters. The van der Waals surface area contributed by atoms with Gasteiger partial charge in [0.2, 0.25) is 0 Å². The van der Waals surface area contributed by atoms with Gasteiger partial charge in [0, 0.05) is 18.4 Å². The van der Waals surface area contributed by atoms with E-state index < -0.39 is 0 Å². The second-order valence-electron chi connectivity index (χ2n) is 4.31. The molecule has 0 saturated heterocycles. The van der Waals surface area contributed by atoms with Gasteiger partial charge in [0.25, 0.3) is 0 Å². The van der Waals surface area contributed by atoms with Crippen molar-refractivity contribution in [2.45, 2.75) is 13.0 Å². The Kier molecular flexibility index (Phi) is 12.8. The maximum atomic E-state index is 11.5. The van der Waals surface area contributed by atoms with Crippen molar-refractivity contribution in [3.8, 4) is 0 Å². The van der Waals surface area contributed by atoms with Crippen LogP contribution in [0.5, 0.6) is 0 Å². The Hall–Kier alpha value is -1.79. The summed E-state index contributed by atoms with van der Waals surface area (Å²) in [4.78, 5) is 11.5. The van der Waals surface area contributed by atoms with Crippen molar-refractivity contribution in [3.05, 3.63) is 72.0 Å². The molecular formula is C17H21NO4V. The number of rotatable bonds is 4. The van der Waals surface area contributed by atoms with Crippen molar-refractivity contribution in [2.75, 3.05) is 13.2 Å². The number of benzene rings is 1. The molecule has 0 aliphatic heterocycles. The SMILES string of the molecule is CCO.O=C1C=CC=C/C1=C/N[C@@H](CO)c1ccccc1.[O]=[V]. The van der Waals surface area contributed by atoms with Gasteiger partial charge < -0.3 is 15.5 Å². The summed E-state index contributed by atoms with van der Waals surface area (Å²) < 4.78 is 8.19. The molecule has 1 aliphatic carbocycles. The minimum atomic E-state index is -0.203. The minimum absolute atomic E-state index is 0.0263. The van der Waals surface area contributed by atoms with E-state index in [4.69, 9.17) is 8.78 Å². The molecule has 6 heteroatoms. The summed E-state index contributed by atoms with van der Waals surface area (Å²) in [5, 5.41) is 20.0. The molecule has 0 bridgehead atoms. The summed E-state index contributed by atoms with van der Waals surface area (Å²) >= 11 is 1.06. The van der Waals surface area contributed by atoms with Gasteiger partial charge in [-0.05, 0) is 24.6 Å². The first kappa shape index (κ1) is 21.2.